The van der Waals surface area contributed by atoms with Gasteiger partial charge >= 0.3 is 0 Å². The molecule has 0 aromatic rings. The summed E-state index contributed by atoms with van der Waals surface area (Å²) in [5.41, 5.74) is 0. The Balaban J connectivity index is 1.92. The van der Waals surface area contributed by atoms with Crippen LogP contribution in [0.25, 0.3) is 0 Å². The van der Waals surface area contributed by atoms with Gasteiger partial charge in [0.05, 0.1) is 12.6 Å². The highest BCUT2D eigenvalue weighted by Gasteiger charge is 2.29. The van der Waals surface area contributed by atoms with Crippen LogP contribution in [0.3, 0.4) is 0 Å². The van der Waals surface area contributed by atoms with Gasteiger partial charge in [-0.1, -0.05) is 6.42 Å². The molecule has 0 aromatic carbocycles. The van der Waals surface area contributed by atoms with E-state index < -0.39 is 0 Å². The zero-order valence-corrected chi connectivity index (χ0v) is 7.50. The molecule has 0 aromatic heterocycles. The lowest BCUT2D eigenvalue weighted by Gasteiger charge is -2.21. The quantitative estimate of drug-likeness (QED) is 0.551. The van der Waals surface area contributed by atoms with Gasteiger partial charge in [0.25, 0.3) is 0 Å². The second kappa shape index (κ2) is 3.45. The molecule has 0 N–H and O–H groups in total. The Morgan fingerprint density at radius 3 is 2.92 bits per heavy atom. The summed E-state index contributed by atoms with van der Waals surface area (Å²) in [6.07, 6.45) is 5.62. The van der Waals surface area contributed by atoms with Crippen LogP contribution >= 0.6 is 0 Å². The second-order valence-corrected chi connectivity index (χ2v) is 4.23. The Morgan fingerprint density at radius 1 is 1.25 bits per heavy atom. The minimum absolute atomic E-state index is 0.642. The number of hydrogen-bond donors (Lipinski definition) is 0. The van der Waals surface area contributed by atoms with E-state index in [2.05, 4.69) is 11.0 Å². The van der Waals surface area contributed by atoms with Crippen molar-refractivity contribution in [3.63, 3.8) is 0 Å². The molecule has 2 bridgehead atoms. The van der Waals surface area contributed by atoms with Crippen molar-refractivity contribution >= 4 is 0 Å². The average Bonchev–Trinajstić information content (AvgIpc) is 2.37. The topological polar surface area (TPSA) is 27.0 Å². The Morgan fingerprint density at radius 2 is 2.08 bits per heavy atom. The molecular formula is C10H16N2. The van der Waals surface area contributed by atoms with Gasteiger partial charge in [0.1, 0.15) is 0 Å². The molecule has 12 heavy (non-hydrogen) atoms. The number of fused-ring (bicyclic) bond motifs is 2. The number of nitriles is 1. The van der Waals surface area contributed by atoms with Crippen molar-refractivity contribution in [2.45, 2.75) is 25.7 Å². The van der Waals surface area contributed by atoms with E-state index in [1.54, 1.807) is 0 Å². The van der Waals surface area contributed by atoms with E-state index in [-0.39, 0.29) is 0 Å². The summed E-state index contributed by atoms with van der Waals surface area (Å²) in [5.74, 6) is 1.89. The van der Waals surface area contributed by atoms with Gasteiger partial charge in [0.15, 0.2) is 0 Å². The fourth-order valence-corrected chi connectivity index (χ4v) is 2.67. The van der Waals surface area contributed by atoms with Crippen LogP contribution < -0.4 is 0 Å². The lowest BCUT2D eigenvalue weighted by Crippen LogP contribution is -2.29. The van der Waals surface area contributed by atoms with Crippen LogP contribution in [0.4, 0.5) is 0 Å². The van der Waals surface area contributed by atoms with Gasteiger partial charge in [0.2, 0.25) is 0 Å². The van der Waals surface area contributed by atoms with E-state index in [9.17, 15) is 0 Å². The van der Waals surface area contributed by atoms with E-state index in [1.807, 2.05) is 0 Å². The van der Waals surface area contributed by atoms with Gasteiger partial charge in [0, 0.05) is 6.54 Å². The Labute approximate surface area is 74.2 Å². The van der Waals surface area contributed by atoms with Gasteiger partial charge in [-0.3, -0.25) is 4.90 Å². The lowest BCUT2D eigenvalue weighted by atomic mass is 10.0. The summed E-state index contributed by atoms with van der Waals surface area (Å²) in [5, 5.41) is 8.59. The largest absolute Gasteiger partial charge is 0.290 e. The first-order valence-electron chi connectivity index (χ1n) is 4.98. The molecule has 0 radical (unpaired) electrons. The van der Waals surface area contributed by atoms with Crippen molar-refractivity contribution in [3.8, 4) is 6.07 Å². The van der Waals surface area contributed by atoms with Crippen LogP contribution in [-0.4, -0.2) is 24.5 Å². The molecule has 1 saturated heterocycles. The van der Waals surface area contributed by atoms with Gasteiger partial charge < -0.3 is 0 Å². The van der Waals surface area contributed by atoms with Crippen LogP contribution in [0.2, 0.25) is 0 Å². The van der Waals surface area contributed by atoms with E-state index >= 15 is 0 Å². The molecule has 2 unspecified atom stereocenters. The first kappa shape index (κ1) is 8.07. The first-order chi connectivity index (χ1) is 5.88. The third kappa shape index (κ3) is 1.61. The second-order valence-electron chi connectivity index (χ2n) is 4.23. The zero-order valence-electron chi connectivity index (χ0n) is 7.50. The molecule has 0 amide bonds. The smallest absolute Gasteiger partial charge is 0.0866 e. The van der Waals surface area contributed by atoms with Crippen LogP contribution in [-0.2, 0) is 0 Å². The van der Waals surface area contributed by atoms with Crippen molar-refractivity contribution in [1.29, 1.82) is 5.26 Å². The van der Waals surface area contributed by atoms with E-state index in [4.69, 9.17) is 5.26 Å². The predicted molar refractivity (Wildman–Crippen MR) is 47.5 cm³/mol. The molecule has 0 spiro atoms. The van der Waals surface area contributed by atoms with Gasteiger partial charge in [-0.15, -0.1) is 0 Å². The fraction of sp³-hybridized carbons (Fsp3) is 0.900. The van der Waals surface area contributed by atoms with Crippen molar-refractivity contribution in [2.75, 3.05) is 19.6 Å². The Kier molecular flexibility index (Phi) is 2.32. The van der Waals surface area contributed by atoms with Crippen LogP contribution in [0.15, 0.2) is 0 Å². The number of rotatable bonds is 1. The molecule has 66 valence electrons. The van der Waals surface area contributed by atoms with Gasteiger partial charge in [-0.2, -0.15) is 5.26 Å². The molecule has 2 fully saturated rings. The summed E-state index contributed by atoms with van der Waals surface area (Å²) >= 11 is 0. The molecule has 2 heteroatoms. The lowest BCUT2D eigenvalue weighted by molar-refractivity contribution is 0.262. The van der Waals surface area contributed by atoms with Crippen molar-refractivity contribution < 1.29 is 0 Å². The van der Waals surface area contributed by atoms with Crippen LogP contribution in [0.1, 0.15) is 25.7 Å². The van der Waals surface area contributed by atoms with Gasteiger partial charge in [-0.05, 0) is 37.6 Å². The summed E-state index contributed by atoms with van der Waals surface area (Å²) in [7, 11) is 0. The molecule has 2 nitrogen and oxygen atoms in total. The van der Waals surface area contributed by atoms with Crippen LogP contribution in [0.5, 0.6) is 0 Å². The normalized spacial score (nSPS) is 35.9. The number of hydrogen-bond acceptors (Lipinski definition) is 2. The van der Waals surface area contributed by atoms with Crippen molar-refractivity contribution in [1.82, 2.24) is 4.90 Å². The van der Waals surface area contributed by atoms with E-state index in [0.717, 1.165) is 18.4 Å². The Hall–Kier alpha value is -0.550. The maximum absolute atomic E-state index is 8.59. The van der Waals surface area contributed by atoms with E-state index in [1.165, 1.54) is 32.2 Å². The minimum Gasteiger partial charge on any atom is -0.290 e. The molecule has 1 heterocycles. The fourth-order valence-electron chi connectivity index (χ4n) is 2.67. The summed E-state index contributed by atoms with van der Waals surface area (Å²) in [4.78, 5) is 2.32. The van der Waals surface area contributed by atoms with Gasteiger partial charge in [-0.25, -0.2) is 0 Å². The maximum Gasteiger partial charge on any atom is 0.0866 e. The highest BCUT2D eigenvalue weighted by atomic mass is 15.1. The highest BCUT2D eigenvalue weighted by Crippen LogP contribution is 2.35. The standard InChI is InChI=1S/C10H16N2/c11-4-6-12-5-3-9-1-2-10(7-9)8-12/h9-10H,1-3,5-8H2. The van der Waals surface area contributed by atoms with Crippen molar-refractivity contribution in [3.05, 3.63) is 0 Å². The molecule has 2 rings (SSSR count). The zero-order chi connectivity index (χ0) is 8.39. The molecule has 2 aliphatic rings. The first-order valence-corrected chi connectivity index (χ1v) is 4.98. The van der Waals surface area contributed by atoms with Crippen LogP contribution in [0, 0.1) is 23.2 Å². The van der Waals surface area contributed by atoms with E-state index in [0.29, 0.717) is 6.54 Å². The molecule has 1 aliphatic heterocycles. The third-order valence-corrected chi connectivity index (χ3v) is 3.31. The van der Waals surface area contributed by atoms with Crippen molar-refractivity contribution in [2.24, 2.45) is 11.8 Å². The summed E-state index contributed by atoms with van der Waals surface area (Å²) in [6, 6.07) is 2.25. The average molecular weight is 164 g/mol. The molecular weight excluding hydrogens is 148 g/mol. The number of nitrogens with zero attached hydrogens (tertiary/aromatic N) is 2. The monoisotopic (exact) mass is 164 g/mol. The molecule has 1 aliphatic carbocycles. The third-order valence-electron chi connectivity index (χ3n) is 3.31. The highest BCUT2D eigenvalue weighted by molar-refractivity contribution is 4.86. The maximum atomic E-state index is 8.59. The molecule has 2 atom stereocenters. The summed E-state index contributed by atoms with van der Waals surface area (Å²) in [6.45, 7) is 2.99. The summed E-state index contributed by atoms with van der Waals surface area (Å²) < 4.78 is 0. The molecule has 1 saturated carbocycles. The minimum atomic E-state index is 0.642. The number of likely N-dealkylation sites (tertiary alicyclic amines) is 1. The SMILES string of the molecule is N#CCN1CCC2CCC(C2)C1. The predicted octanol–water partition coefficient (Wildman–Crippen LogP) is 1.63. The Bertz CT molecular complexity index is 195.